The van der Waals surface area contributed by atoms with E-state index in [2.05, 4.69) is 60.4 Å². The lowest BCUT2D eigenvalue weighted by atomic mass is 9.99. The molecule has 0 N–H and O–H groups in total. The molecule has 0 amide bonds. The van der Waals surface area contributed by atoms with Crippen molar-refractivity contribution >= 4 is 11.9 Å². The monoisotopic (exact) mass is 427 g/mol. The van der Waals surface area contributed by atoms with Crippen LogP contribution in [0.4, 0.5) is 0 Å². The highest BCUT2D eigenvalue weighted by Crippen LogP contribution is 2.30. The first-order chi connectivity index (χ1) is 15.6. The highest BCUT2D eigenvalue weighted by molar-refractivity contribution is 6.00. The number of Topliss-reactive ketones (excluding diaryl/α,β-unsaturated/α-hetero) is 1. The van der Waals surface area contributed by atoms with Crippen molar-refractivity contribution in [2.75, 3.05) is 20.2 Å². The van der Waals surface area contributed by atoms with Gasteiger partial charge in [-0.15, -0.1) is 0 Å². The van der Waals surface area contributed by atoms with E-state index in [-0.39, 0.29) is 5.78 Å². The van der Waals surface area contributed by atoms with E-state index in [9.17, 15) is 4.79 Å². The second-order valence-electron chi connectivity index (χ2n) is 8.22. The first-order valence-corrected chi connectivity index (χ1v) is 11.0. The Morgan fingerprint density at radius 2 is 1.72 bits per heavy atom. The number of benzene rings is 3. The Kier molecular flexibility index (Phi) is 7.03. The fraction of sp³-hybridized carbons (Fsp3) is 0.250. The molecule has 0 atom stereocenters. The molecule has 4 heteroatoms. The van der Waals surface area contributed by atoms with E-state index < -0.39 is 0 Å². The van der Waals surface area contributed by atoms with Gasteiger partial charge >= 0.3 is 0 Å². The molecule has 0 aromatic heterocycles. The number of nitrogens with zero attached hydrogens (tertiary/aromatic N) is 1. The summed E-state index contributed by atoms with van der Waals surface area (Å²) >= 11 is 0. The molecule has 164 valence electrons. The number of carbonyl (C=O) groups is 1. The van der Waals surface area contributed by atoms with Crippen LogP contribution >= 0.6 is 0 Å². The number of rotatable bonds is 7. The number of likely N-dealkylation sites (tertiary alicyclic amines) is 1. The zero-order valence-electron chi connectivity index (χ0n) is 18.7. The molecule has 3 aromatic rings. The van der Waals surface area contributed by atoms with Gasteiger partial charge in [-0.3, -0.25) is 9.69 Å². The smallest absolute Gasteiger partial charge is 0.162 e. The number of methoxy groups -OCH3 is 1. The molecule has 0 spiro atoms. The molecule has 1 saturated heterocycles. The fourth-order valence-electron chi connectivity index (χ4n) is 3.87. The van der Waals surface area contributed by atoms with Gasteiger partial charge < -0.3 is 9.47 Å². The van der Waals surface area contributed by atoms with Crippen LogP contribution in [0.25, 0.3) is 6.08 Å². The summed E-state index contributed by atoms with van der Waals surface area (Å²) in [5, 5.41) is 0. The summed E-state index contributed by atoms with van der Waals surface area (Å²) in [6.07, 6.45) is 2.53. The molecule has 0 unspecified atom stereocenters. The SMILES string of the molecule is COc1ccc(/C=C2\CN(Cc3ccccc3)CCC2=O)cc1OCc1ccc(C)cc1. The van der Waals surface area contributed by atoms with Gasteiger partial charge in [0.2, 0.25) is 0 Å². The number of hydrogen-bond acceptors (Lipinski definition) is 4. The van der Waals surface area contributed by atoms with E-state index in [1.807, 2.05) is 30.3 Å². The van der Waals surface area contributed by atoms with Gasteiger partial charge in [-0.1, -0.05) is 66.2 Å². The fourth-order valence-corrected chi connectivity index (χ4v) is 3.87. The van der Waals surface area contributed by atoms with Crippen LogP contribution in [0, 0.1) is 6.92 Å². The molecule has 0 saturated carbocycles. The van der Waals surface area contributed by atoms with Gasteiger partial charge in [-0.25, -0.2) is 0 Å². The summed E-state index contributed by atoms with van der Waals surface area (Å²) in [5.74, 6) is 1.57. The molecular formula is C28H29NO3. The van der Waals surface area contributed by atoms with E-state index in [0.717, 1.165) is 29.8 Å². The Hall–Kier alpha value is -3.37. The third-order valence-corrected chi connectivity index (χ3v) is 5.70. The minimum absolute atomic E-state index is 0.215. The van der Waals surface area contributed by atoms with Crippen molar-refractivity contribution in [1.82, 2.24) is 4.90 Å². The number of hydrogen-bond donors (Lipinski definition) is 0. The number of aryl methyl sites for hydroxylation is 1. The third kappa shape index (κ3) is 5.65. The Morgan fingerprint density at radius 1 is 0.938 bits per heavy atom. The van der Waals surface area contributed by atoms with Crippen LogP contribution in [-0.4, -0.2) is 30.9 Å². The van der Waals surface area contributed by atoms with Gasteiger partial charge in [0.25, 0.3) is 0 Å². The molecule has 32 heavy (non-hydrogen) atoms. The Labute approximate surface area is 190 Å². The van der Waals surface area contributed by atoms with Crippen LogP contribution in [0.3, 0.4) is 0 Å². The van der Waals surface area contributed by atoms with E-state index in [4.69, 9.17) is 9.47 Å². The van der Waals surface area contributed by atoms with Crippen molar-refractivity contribution in [1.29, 1.82) is 0 Å². The standard InChI is InChI=1S/C28H29NO3/c1-21-8-10-23(11-9-21)20-32-28-17-24(12-13-27(28)31-2)16-25-19-29(15-14-26(25)30)18-22-6-4-3-5-7-22/h3-13,16-17H,14-15,18-20H2,1-2H3/b25-16+. The second kappa shape index (κ2) is 10.3. The normalized spacial score (nSPS) is 15.7. The van der Waals surface area contributed by atoms with Crippen LogP contribution in [-0.2, 0) is 17.9 Å². The van der Waals surface area contributed by atoms with Crippen molar-refractivity contribution in [2.45, 2.75) is 26.5 Å². The van der Waals surface area contributed by atoms with E-state index in [1.165, 1.54) is 11.1 Å². The number of carbonyl (C=O) groups excluding carboxylic acids is 1. The quantitative estimate of drug-likeness (QED) is 0.471. The maximum absolute atomic E-state index is 12.6. The van der Waals surface area contributed by atoms with E-state index in [0.29, 0.717) is 31.1 Å². The first-order valence-electron chi connectivity index (χ1n) is 11.0. The van der Waals surface area contributed by atoms with Gasteiger partial charge in [0.05, 0.1) is 7.11 Å². The largest absolute Gasteiger partial charge is 0.493 e. The average molecular weight is 428 g/mol. The molecule has 4 nitrogen and oxygen atoms in total. The lowest BCUT2D eigenvalue weighted by molar-refractivity contribution is -0.117. The van der Waals surface area contributed by atoms with Crippen LogP contribution in [0.1, 0.15) is 28.7 Å². The van der Waals surface area contributed by atoms with Gasteiger partial charge in [0.15, 0.2) is 17.3 Å². The molecular weight excluding hydrogens is 398 g/mol. The Bertz CT molecular complexity index is 1090. The number of ether oxygens (including phenoxy) is 2. The molecule has 0 aliphatic carbocycles. The maximum atomic E-state index is 12.6. The third-order valence-electron chi connectivity index (χ3n) is 5.70. The molecule has 4 rings (SSSR count). The zero-order valence-corrected chi connectivity index (χ0v) is 18.7. The van der Waals surface area contributed by atoms with Crippen molar-refractivity contribution in [2.24, 2.45) is 0 Å². The minimum atomic E-state index is 0.215. The van der Waals surface area contributed by atoms with Gasteiger partial charge in [-0.2, -0.15) is 0 Å². The molecule has 0 radical (unpaired) electrons. The van der Waals surface area contributed by atoms with Crippen molar-refractivity contribution in [3.8, 4) is 11.5 Å². The first kappa shape index (κ1) is 21.8. The highest BCUT2D eigenvalue weighted by Gasteiger charge is 2.21. The van der Waals surface area contributed by atoms with Crippen molar-refractivity contribution < 1.29 is 14.3 Å². The molecule has 1 aliphatic heterocycles. The number of ketones is 1. The van der Waals surface area contributed by atoms with Crippen LogP contribution in [0.15, 0.2) is 78.4 Å². The summed E-state index contributed by atoms with van der Waals surface area (Å²) < 4.78 is 11.5. The molecule has 1 fully saturated rings. The van der Waals surface area contributed by atoms with Crippen LogP contribution in [0.5, 0.6) is 11.5 Å². The van der Waals surface area contributed by atoms with Crippen molar-refractivity contribution in [3.63, 3.8) is 0 Å². The van der Waals surface area contributed by atoms with Gasteiger partial charge in [0.1, 0.15) is 6.61 Å². The average Bonchev–Trinajstić information content (AvgIpc) is 2.82. The van der Waals surface area contributed by atoms with Crippen molar-refractivity contribution in [3.05, 3.63) is 101 Å². The van der Waals surface area contributed by atoms with Crippen LogP contribution in [0.2, 0.25) is 0 Å². The van der Waals surface area contributed by atoms with Gasteiger partial charge in [-0.05, 0) is 41.8 Å². The van der Waals surface area contributed by atoms with Gasteiger partial charge in [0, 0.05) is 31.6 Å². The highest BCUT2D eigenvalue weighted by atomic mass is 16.5. The zero-order chi connectivity index (χ0) is 22.3. The predicted molar refractivity (Wildman–Crippen MR) is 128 cm³/mol. The summed E-state index contributed by atoms with van der Waals surface area (Å²) in [5.41, 5.74) is 5.35. The molecule has 1 aliphatic rings. The molecule has 1 heterocycles. The lowest BCUT2D eigenvalue weighted by Gasteiger charge is -2.28. The molecule has 0 bridgehead atoms. The maximum Gasteiger partial charge on any atom is 0.162 e. The second-order valence-corrected chi connectivity index (χ2v) is 8.22. The topological polar surface area (TPSA) is 38.8 Å². The lowest BCUT2D eigenvalue weighted by Crippen LogP contribution is -2.35. The summed E-state index contributed by atoms with van der Waals surface area (Å²) in [4.78, 5) is 14.9. The van der Waals surface area contributed by atoms with E-state index in [1.54, 1.807) is 7.11 Å². The minimum Gasteiger partial charge on any atom is -0.493 e. The van der Waals surface area contributed by atoms with E-state index >= 15 is 0 Å². The van der Waals surface area contributed by atoms with Crippen LogP contribution < -0.4 is 9.47 Å². The Balaban J connectivity index is 1.49. The summed E-state index contributed by atoms with van der Waals surface area (Å²) in [6, 6.07) is 24.5. The predicted octanol–water partition coefficient (Wildman–Crippen LogP) is 5.44. The number of piperidine rings is 1. The summed E-state index contributed by atoms with van der Waals surface area (Å²) in [6.45, 7) is 4.81. The molecule has 3 aromatic carbocycles. The Morgan fingerprint density at radius 3 is 2.47 bits per heavy atom. The summed E-state index contributed by atoms with van der Waals surface area (Å²) in [7, 11) is 1.64.